The van der Waals surface area contributed by atoms with Crippen molar-refractivity contribution in [1.29, 1.82) is 0 Å². The lowest BCUT2D eigenvalue weighted by Crippen LogP contribution is -2.14. The molecule has 1 aliphatic heterocycles. The van der Waals surface area contributed by atoms with Gasteiger partial charge >= 0.3 is 0 Å². The van der Waals surface area contributed by atoms with Crippen molar-refractivity contribution >= 4 is 23.3 Å². The fourth-order valence-electron chi connectivity index (χ4n) is 3.01. The van der Waals surface area contributed by atoms with E-state index in [1.165, 1.54) is 38.8 Å². The van der Waals surface area contributed by atoms with Crippen molar-refractivity contribution in [3.05, 3.63) is 63.3 Å². The van der Waals surface area contributed by atoms with Crippen LogP contribution in [0.1, 0.15) is 31.2 Å². The molecule has 0 spiro atoms. The molecular formula is C19H24N4OS. The predicted octanol–water partition coefficient (Wildman–Crippen LogP) is 3.59. The number of benzene rings is 1. The zero-order valence-corrected chi connectivity index (χ0v) is 15.1. The van der Waals surface area contributed by atoms with Crippen molar-refractivity contribution in [2.75, 3.05) is 13.1 Å². The maximum absolute atomic E-state index is 11.7. The second-order valence-electron chi connectivity index (χ2n) is 6.23. The zero-order valence-electron chi connectivity index (χ0n) is 14.3. The Balaban J connectivity index is 0.000000219. The summed E-state index contributed by atoms with van der Waals surface area (Å²) in [5, 5.41) is 3.35. The Labute approximate surface area is 152 Å². The van der Waals surface area contributed by atoms with Crippen molar-refractivity contribution in [3.63, 3.8) is 0 Å². The SMILES string of the molecule is C1CCCNCC1.O=c1[nH]c(=S)n(Cc2ccccc2)c2cc[nH]c12. The second kappa shape index (κ2) is 8.78. The summed E-state index contributed by atoms with van der Waals surface area (Å²) >= 11 is 5.23. The van der Waals surface area contributed by atoms with Crippen LogP contribution >= 0.6 is 12.2 Å². The Morgan fingerprint density at radius 2 is 1.72 bits per heavy atom. The van der Waals surface area contributed by atoms with Gasteiger partial charge in [0.1, 0.15) is 5.52 Å². The Bertz CT molecular complexity index is 891. The van der Waals surface area contributed by atoms with Crippen LogP contribution in [0.25, 0.3) is 11.0 Å². The summed E-state index contributed by atoms with van der Waals surface area (Å²) in [6, 6.07) is 11.9. The highest BCUT2D eigenvalue weighted by atomic mass is 32.1. The summed E-state index contributed by atoms with van der Waals surface area (Å²) in [5.74, 6) is 0. The highest BCUT2D eigenvalue weighted by Crippen LogP contribution is 2.11. The second-order valence-corrected chi connectivity index (χ2v) is 6.62. The van der Waals surface area contributed by atoms with E-state index in [0.717, 1.165) is 11.1 Å². The number of fused-ring (bicyclic) bond motifs is 1. The van der Waals surface area contributed by atoms with Crippen LogP contribution in [0, 0.1) is 4.77 Å². The molecule has 0 radical (unpaired) electrons. The first-order valence-electron chi connectivity index (χ1n) is 8.80. The van der Waals surface area contributed by atoms with E-state index in [2.05, 4.69) is 15.3 Å². The predicted molar refractivity (Wildman–Crippen MR) is 105 cm³/mol. The summed E-state index contributed by atoms with van der Waals surface area (Å²) in [6.07, 6.45) is 7.40. The summed E-state index contributed by atoms with van der Waals surface area (Å²) in [5.41, 5.74) is 2.35. The molecule has 5 nitrogen and oxygen atoms in total. The molecule has 2 aromatic heterocycles. The molecule has 0 unspecified atom stereocenters. The molecule has 25 heavy (non-hydrogen) atoms. The van der Waals surface area contributed by atoms with Crippen LogP contribution in [0.5, 0.6) is 0 Å². The first-order chi connectivity index (χ1) is 12.3. The van der Waals surface area contributed by atoms with Crippen LogP contribution in [0.4, 0.5) is 0 Å². The number of hydrogen-bond donors (Lipinski definition) is 3. The molecule has 132 valence electrons. The van der Waals surface area contributed by atoms with Crippen LogP contribution in [0.15, 0.2) is 47.4 Å². The molecule has 0 bridgehead atoms. The van der Waals surface area contributed by atoms with E-state index < -0.39 is 0 Å². The van der Waals surface area contributed by atoms with Gasteiger partial charge in [0.2, 0.25) is 0 Å². The van der Waals surface area contributed by atoms with E-state index in [0.29, 0.717) is 16.8 Å². The number of rotatable bonds is 2. The van der Waals surface area contributed by atoms with Gasteiger partial charge in [0.15, 0.2) is 4.77 Å². The molecule has 1 aliphatic rings. The van der Waals surface area contributed by atoms with Crippen LogP contribution in [0.3, 0.4) is 0 Å². The Hall–Kier alpha value is -2.18. The Morgan fingerprint density at radius 3 is 2.44 bits per heavy atom. The standard InChI is InChI=1S/C13H11N3OS.C6H13N/c17-12-11-10(6-7-14-11)16(13(18)15-12)8-9-4-2-1-3-5-9;1-2-4-6-7-5-3-1/h1-7,14H,8H2,(H,15,17,18);7H,1-6H2. The quantitative estimate of drug-likeness (QED) is 0.615. The maximum atomic E-state index is 11.7. The highest BCUT2D eigenvalue weighted by Gasteiger charge is 2.06. The van der Waals surface area contributed by atoms with E-state index in [4.69, 9.17) is 12.2 Å². The molecule has 0 atom stereocenters. The molecule has 1 fully saturated rings. The van der Waals surface area contributed by atoms with E-state index in [-0.39, 0.29) is 5.56 Å². The summed E-state index contributed by atoms with van der Waals surface area (Å²) in [6.45, 7) is 3.14. The van der Waals surface area contributed by atoms with E-state index in [1.807, 2.05) is 41.0 Å². The molecule has 1 saturated heterocycles. The molecule has 6 heteroatoms. The third kappa shape index (κ3) is 4.67. The number of H-pyrrole nitrogens is 2. The van der Waals surface area contributed by atoms with Gasteiger partial charge in [-0.15, -0.1) is 0 Å². The van der Waals surface area contributed by atoms with Crippen molar-refractivity contribution < 1.29 is 0 Å². The van der Waals surface area contributed by atoms with Crippen molar-refractivity contribution in [3.8, 4) is 0 Å². The average molecular weight is 356 g/mol. The van der Waals surface area contributed by atoms with Crippen LogP contribution in [-0.4, -0.2) is 27.6 Å². The first-order valence-corrected chi connectivity index (χ1v) is 9.21. The minimum atomic E-state index is -0.177. The van der Waals surface area contributed by atoms with E-state index >= 15 is 0 Å². The molecule has 0 amide bonds. The lowest BCUT2D eigenvalue weighted by Gasteiger charge is -2.08. The van der Waals surface area contributed by atoms with Gasteiger partial charge in [-0.25, -0.2) is 0 Å². The lowest BCUT2D eigenvalue weighted by molar-refractivity contribution is 0.702. The monoisotopic (exact) mass is 356 g/mol. The molecule has 3 heterocycles. The topological polar surface area (TPSA) is 65.6 Å². The van der Waals surface area contributed by atoms with Gasteiger partial charge < -0.3 is 14.9 Å². The number of nitrogens with one attached hydrogen (secondary N) is 3. The zero-order chi connectivity index (χ0) is 17.5. The molecule has 1 aromatic carbocycles. The third-order valence-electron chi connectivity index (χ3n) is 4.35. The van der Waals surface area contributed by atoms with E-state index in [1.54, 1.807) is 6.20 Å². The van der Waals surface area contributed by atoms with E-state index in [9.17, 15) is 4.79 Å². The highest BCUT2D eigenvalue weighted by molar-refractivity contribution is 7.71. The van der Waals surface area contributed by atoms with Gasteiger partial charge in [0, 0.05) is 6.20 Å². The Kier molecular flexibility index (Phi) is 6.19. The molecule has 4 rings (SSSR count). The summed E-state index contributed by atoms with van der Waals surface area (Å²) < 4.78 is 2.36. The summed E-state index contributed by atoms with van der Waals surface area (Å²) in [4.78, 5) is 17.3. The molecule has 0 saturated carbocycles. The average Bonchev–Trinajstić information content (AvgIpc) is 2.93. The Morgan fingerprint density at radius 1 is 1.00 bits per heavy atom. The van der Waals surface area contributed by atoms with Gasteiger partial charge in [-0.2, -0.15) is 0 Å². The number of aromatic nitrogens is 3. The molecular weight excluding hydrogens is 332 g/mol. The number of hydrogen-bond acceptors (Lipinski definition) is 3. The number of nitrogens with zero attached hydrogens (tertiary/aromatic N) is 1. The molecule has 3 aromatic rings. The fraction of sp³-hybridized carbons (Fsp3) is 0.368. The van der Waals surface area contributed by atoms with Gasteiger partial charge in [-0.1, -0.05) is 43.2 Å². The van der Waals surface area contributed by atoms with Gasteiger partial charge in [0.05, 0.1) is 12.1 Å². The van der Waals surface area contributed by atoms with Crippen LogP contribution < -0.4 is 10.9 Å². The first kappa shape index (κ1) is 17.6. The third-order valence-corrected chi connectivity index (χ3v) is 4.67. The smallest absolute Gasteiger partial charge is 0.276 e. The van der Waals surface area contributed by atoms with Crippen LogP contribution in [-0.2, 0) is 6.54 Å². The minimum Gasteiger partial charge on any atom is -0.355 e. The van der Waals surface area contributed by atoms with Gasteiger partial charge in [-0.3, -0.25) is 9.78 Å². The van der Waals surface area contributed by atoms with Gasteiger partial charge in [0.25, 0.3) is 5.56 Å². The fourth-order valence-corrected chi connectivity index (χ4v) is 3.26. The largest absolute Gasteiger partial charge is 0.355 e. The summed E-state index contributed by atoms with van der Waals surface area (Å²) in [7, 11) is 0. The number of aromatic amines is 2. The molecule has 3 N–H and O–H groups in total. The molecule has 0 aliphatic carbocycles. The van der Waals surface area contributed by atoms with Crippen molar-refractivity contribution in [2.24, 2.45) is 0 Å². The minimum absolute atomic E-state index is 0.177. The maximum Gasteiger partial charge on any atom is 0.276 e. The van der Waals surface area contributed by atoms with Crippen molar-refractivity contribution in [1.82, 2.24) is 19.9 Å². The normalized spacial score (nSPS) is 14.6. The van der Waals surface area contributed by atoms with Crippen LogP contribution in [0.2, 0.25) is 0 Å². The van der Waals surface area contributed by atoms with Crippen molar-refractivity contribution in [2.45, 2.75) is 32.2 Å². The lowest BCUT2D eigenvalue weighted by atomic mass is 10.2. The van der Waals surface area contributed by atoms with Gasteiger partial charge in [-0.05, 0) is 49.8 Å².